The topological polar surface area (TPSA) is 55.5 Å². The maximum Gasteiger partial charge on any atom is 0.191 e. The molecule has 5 nitrogen and oxygen atoms in total. The van der Waals surface area contributed by atoms with Crippen molar-refractivity contribution in [2.24, 2.45) is 4.99 Å². The smallest absolute Gasteiger partial charge is 0.191 e. The fourth-order valence-electron chi connectivity index (χ4n) is 3.88. The Morgan fingerprint density at radius 2 is 2.15 bits per heavy atom. The van der Waals surface area contributed by atoms with Gasteiger partial charge in [-0.3, -0.25) is 9.89 Å². The summed E-state index contributed by atoms with van der Waals surface area (Å²) in [4.78, 5) is 10.7. The van der Waals surface area contributed by atoms with Gasteiger partial charge in [-0.15, -0.1) is 0 Å². The van der Waals surface area contributed by atoms with Gasteiger partial charge in [0.05, 0.1) is 6.54 Å². The fraction of sp³-hybridized carbons (Fsp3) is 0.571. The second-order valence-electron chi connectivity index (χ2n) is 7.03. The zero-order valence-corrected chi connectivity index (χ0v) is 16.2. The van der Waals surface area contributed by atoms with Crippen LogP contribution >= 0.6 is 0 Å². The summed E-state index contributed by atoms with van der Waals surface area (Å²) < 4.78 is 0. The third kappa shape index (κ3) is 4.79. The van der Waals surface area contributed by atoms with E-state index in [4.69, 9.17) is 4.99 Å². The van der Waals surface area contributed by atoms with Crippen LogP contribution in [0.3, 0.4) is 0 Å². The summed E-state index contributed by atoms with van der Waals surface area (Å²) in [6.45, 7) is 9.46. The second-order valence-corrected chi connectivity index (χ2v) is 7.03. The minimum Gasteiger partial charge on any atom is -0.361 e. The number of nitrogens with one attached hydrogen (secondary N) is 3. The van der Waals surface area contributed by atoms with Crippen molar-refractivity contribution in [1.82, 2.24) is 20.5 Å². The van der Waals surface area contributed by atoms with Crippen LogP contribution in [0.5, 0.6) is 0 Å². The number of aromatic nitrogens is 1. The molecule has 0 spiro atoms. The highest BCUT2D eigenvalue weighted by Gasteiger charge is 2.22. The molecular weight excluding hydrogens is 322 g/mol. The summed E-state index contributed by atoms with van der Waals surface area (Å²) in [5.41, 5.74) is 2.62. The third-order valence-electron chi connectivity index (χ3n) is 5.30. The van der Waals surface area contributed by atoms with Crippen LogP contribution in [0.15, 0.2) is 35.5 Å². The SMILES string of the molecule is CCNC(=NCC1CCCN1CC)NCCCc1c[nH]c2ccccc12. The number of hydrogen-bond donors (Lipinski definition) is 3. The Balaban J connectivity index is 1.47. The molecule has 1 unspecified atom stereocenters. The van der Waals surface area contributed by atoms with Crippen LogP contribution < -0.4 is 10.6 Å². The largest absolute Gasteiger partial charge is 0.361 e. The van der Waals surface area contributed by atoms with Crippen molar-refractivity contribution >= 4 is 16.9 Å². The van der Waals surface area contributed by atoms with Crippen LogP contribution in [0.25, 0.3) is 10.9 Å². The number of nitrogens with zero attached hydrogens (tertiary/aromatic N) is 2. The number of aromatic amines is 1. The van der Waals surface area contributed by atoms with E-state index in [9.17, 15) is 0 Å². The molecule has 1 atom stereocenters. The number of guanidine groups is 1. The molecule has 2 heterocycles. The van der Waals surface area contributed by atoms with Crippen LogP contribution in [0.2, 0.25) is 0 Å². The standard InChI is InChI=1S/C21H33N5/c1-3-22-21(25-16-18-10-8-14-26(18)4-2)23-13-7-9-17-15-24-20-12-6-5-11-19(17)20/h5-6,11-12,15,18,24H,3-4,7-10,13-14,16H2,1-2H3,(H2,22,23,25). The Kier molecular flexibility index (Phi) is 6.95. The van der Waals surface area contributed by atoms with Crippen LogP contribution in [-0.2, 0) is 6.42 Å². The lowest BCUT2D eigenvalue weighted by Crippen LogP contribution is -2.39. The molecule has 1 aromatic carbocycles. The van der Waals surface area contributed by atoms with Crippen molar-refractivity contribution in [3.63, 3.8) is 0 Å². The lowest BCUT2D eigenvalue weighted by Gasteiger charge is -2.21. The molecule has 1 aliphatic heterocycles. The Morgan fingerprint density at radius 3 is 3.00 bits per heavy atom. The summed E-state index contributed by atoms with van der Waals surface area (Å²) in [5.74, 6) is 0.953. The lowest BCUT2D eigenvalue weighted by molar-refractivity contribution is 0.273. The zero-order valence-electron chi connectivity index (χ0n) is 16.2. The molecule has 3 rings (SSSR count). The first-order chi connectivity index (χ1) is 12.8. The molecule has 0 saturated carbocycles. The van der Waals surface area contributed by atoms with E-state index in [-0.39, 0.29) is 0 Å². The Hall–Kier alpha value is -2.01. The molecule has 2 aromatic rings. The molecule has 1 saturated heterocycles. The number of H-pyrrole nitrogens is 1. The van der Waals surface area contributed by atoms with E-state index in [1.807, 2.05) is 0 Å². The molecule has 0 amide bonds. The molecule has 0 aliphatic carbocycles. The average molecular weight is 356 g/mol. The first kappa shape index (κ1) is 18.8. The number of para-hydroxylation sites is 1. The molecule has 0 radical (unpaired) electrons. The number of aryl methyl sites for hydroxylation is 1. The van der Waals surface area contributed by atoms with Gasteiger partial charge in [-0.05, 0) is 57.3 Å². The first-order valence-corrected chi connectivity index (χ1v) is 10.1. The monoisotopic (exact) mass is 355 g/mol. The molecular formula is C21H33N5. The molecule has 0 bridgehead atoms. The maximum absolute atomic E-state index is 4.82. The minimum atomic E-state index is 0.613. The van der Waals surface area contributed by atoms with Gasteiger partial charge in [0.2, 0.25) is 0 Å². The van der Waals surface area contributed by atoms with Gasteiger partial charge < -0.3 is 15.6 Å². The van der Waals surface area contributed by atoms with Gasteiger partial charge in [-0.2, -0.15) is 0 Å². The van der Waals surface area contributed by atoms with E-state index in [0.717, 1.165) is 45.0 Å². The minimum absolute atomic E-state index is 0.613. The highest BCUT2D eigenvalue weighted by Crippen LogP contribution is 2.19. The molecule has 1 aliphatic rings. The zero-order chi connectivity index (χ0) is 18.2. The molecule has 1 aromatic heterocycles. The van der Waals surface area contributed by atoms with Crippen LogP contribution in [0.4, 0.5) is 0 Å². The predicted octanol–water partition coefficient (Wildman–Crippen LogP) is 3.14. The van der Waals surface area contributed by atoms with E-state index in [1.165, 1.54) is 35.9 Å². The van der Waals surface area contributed by atoms with Gasteiger partial charge in [0.25, 0.3) is 0 Å². The normalized spacial score (nSPS) is 18.5. The van der Waals surface area contributed by atoms with Crippen molar-refractivity contribution in [2.75, 3.05) is 32.7 Å². The lowest BCUT2D eigenvalue weighted by atomic mass is 10.1. The maximum atomic E-state index is 4.82. The van der Waals surface area contributed by atoms with Crippen molar-refractivity contribution in [1.29, 1.82) is 0 Å². The highest BCUT2D eigenvalue weighted by atomic mass is 15.2. The first-order valence-electron chi connectivity index (χ1n) is 10.1. The second kappa shape index (κ2) is 9.62. The fourth-order valence-corrected chi connectivity index (χ4v) is 3.88. The molecule has 5 heteroatoms. The number of likely N-dealkylation sites (N-methyl/N-ethyl adjacent to an activating group) is 1. The van der Waals surface area contributed by atoms with Gasteiger partial charge in [0, 0.05) is 36.2 Å². The summed E-state index contributed by atoms with van der Waals surface area (Å²) in [6.07, 6.45) is 6.89. The van der Waals surface area contributed by atoms with Gasteiger partial charge >= 0.3 is 0 Å². The summed E-state index contributed by atoms with van der Waals surface area (Å²) in [6, 6.07) is 9.13. The van der Waals surface area contributed by atoms with E-state index in [2.05, 4.69) is 64.8 Å². The number of rotatable bonds is 8. The quantitative estimate of drug-likeness (QED) is 0.387. The van der Waals surface area contributed by atoms with Gasteiger partial charge in [-0.1, -0.05) is 25.1 Å². The molecule has 3 N–H and O–H groups in total. The number of likely N-dealkylation sites (tertiary alicyclic amines) is 1. The van der Waals surface area contributed by atoms with Gasteiger partial charge in [-0.25, -0.2) is 0 Å². The van der Waals surface area contributed by atoms with E-state index in [0.29, 0.717) is 6.04 Å². The number of aliphatic imine (C=N–C) groups is 1. The van der Waals surface area contributed by atoms with Crippen molar-refractivity contribution < 1.29 is 0 Å². The van der Waals surface area contributed by atoms with Crippen LogP contribution in [0.1, 0.15) is 38.7 Å². The molecule has 142 valence electrons. The van der Waals surface area contributed by atoms with Crippen LogP contribution in [-0.4, -0.2) is 54.6 Å². The summed E-state index contributed by atoms with van der Waals surface area (Å²) >= 11 is 0. The highest BCUT2D eigenvalue weighted by molar-refractivity contribution is 5.83. The number of fused-ring (bicyclic) bond motifs is 1. The summed E-state index contributed by atoms with van der Waals surface area (Å²) in [5, 5.41) is 8.22. The van der Waals surface area contributed by atoms with Crippen molar-refractivity contribution in [2.45, 2.75) is 45.6 Å². The average Bonchev–Trinajstić information content (AvgIpc) is 3.29. The predicted molar refractivity (Wildman–Crippen MR) is 111 cm³/mol. The van der Waals surface area contributed by atoms with Crippen LogP contribution in [0, 0.1) is 0 Å². The molecule has 1 fully saturated rings. The number of hydrogen-bond acceptors (Lipinski definition) is 2. The number of benzene rings is 1. The van der Waals surface area contributed by atoms with Crippen molar-refractivity contribution in [3.8, 4) is 0 Å². The third-order valence-corrected chi connectivity index (χ3v) is 5.30. The Labute approximate surface area is 157 Å². The van der Waals surface area contributed by atoms with E-state index in [1.54, 1.807) is 0 Å². The van der Waals surface area contributed by atoms with Gasteiger partial charge in [0.15, 0.2) is 5.96 Å². The Bertz CT molecular complexity index is 705. The Morgan fingerprint density at radius 1 is 1.27 bits per heavy atom. The van der Waals surface area contributed by atoms with Crippen molar-refractivity contribution in [3.05, 3.63) is 36.0 Å². The van der Waals surface area contributed by atoms with Gasteiger partial charge in [0.1, 0.15) is 0 Å². The summed E-state index contributed by atoms with van der Waals surface area (Å²) in [7, 11) is 0. The van der Waals surface area contributed by atoms with E-state index >= 15 is 0 Å². The van der Waals surface area contributed by atoms with E-state index < -0.39 is 0 Å². The molecule has 26 heavy (non-hydrogen) atoms.